The second kappa shape index (κ2) is 23.8. The summed E-state index contributed by atoms with van der Waals surface area (Å²) in [6, 6.07) is 18.2. The van der Waals surface area contributed by atoms with Gasteiger partial charge in [0.25, 0.3) is 0 Å². The van der Waals surface area contributed by atoms with Gasteiger partial charge in [0.05, 0.1) is 24.5 Å². The zero-order chi connectivity index (χ0) is 35.0. The molecule has 4 atom stereocenters. The lowest BCUT2D eigenvalue weighted by atomic mass is 9.94. The first kappa shape index (κ1) is 39.7. The molecule has 2 rings (SSSR count). The summed E-state index contributed by atoms with van der Waals surface area (Å²) in [5.41, 5.74) is 1.93. The summed E-state index contributed by atoms with van der Waals surface area (Å²) in [6.45, 7) is 9.49. The quantitative estimate of drug-likeness (QED) is 0.0669. The van der Waals surface area contributed by atoms with E-state index in [0.29, 0.717) is 38.6 Å². The number of carbonyl (C=O) groups excluding carboxylic acids is 4. The van der Waals surface area contributed by atoms with Crippen molar-refractivity contribution in [3.63, 3.8) is 0 Å². The molecule has 0 aliphatic carbocycles. The maximum atomic E-state index is 13.4. The zero-order valence-corrected chi connectivity index (χ0v) is 28.2. The molecule has 0 heterocycles. The first-order valence-electron chi connectivity index (χ1n) is 16.8. The van der Waals surface area contributed by atoms with Gasteiger partial charge >= 0.3 is 12.1 Å². The van der Waals surface area contributed by atoms with Gasteiger partial charge in [0.2, 0.25) is 11.8 Å². The summed E-state index contributed by atoms with van der Waals surface area (Å²) in [6.07, 6.45) is 7.59. The van der Waals surface area contributed by atoms with Crippen molar-refractivity contribution in [2.75, 3.05) is 19.8 Å². The standard InChI is InChI=1S/C38H53N3O7/c1-4-6-9-21-33(24-30-17-10-7-11-18-30)37(45)47-28-34(41-36(44)32(16-5-2)25-35(43)40-29(3)26-42)22-14-15-23-39-38(46)48-27-31-19-12-8-13-20-31/h4-5,7-8,10-13,17-20,29,32-34,42H,1-2,6,9,14-16,21-28H2,3H3,(H,39,46)(H,40,43)(H,41,44)/t29-,32+,33-,34+/m1/s1. The molecular formula is C38H53N3O7. The smallest absolute Gasteiger partial charge is 0.407 e. The van der Waals surface area contributed by atoms with Crippen molar-refractivity contribution < 1.29 is 33.8 Å². The molecule has 4 N–H and O–H groups in total. The Labute approximate surface area is 285 Å². The van der Waals surface area contributed by atoms with E-state index in [1.54, 1.807) is 13.0 Å². The number of aliphatic hydroxyl groups excluding tert-OH is 1. The first-order valence-corrected chi connectivity index (χ1v) is 16.8. The number of amides is 3. The normalized spacial score (nSPS) is 13.2. The Kier molecular flexibility index (Phi) is 19.7. The summed E-state index contributed by atoms with van der Waals surface area (Å²) < 4.78 is 11.1. The number of unbranched alkanes of at least 4 members (excludes halogenated alkanes) is 2. The van der Waals surface area contributed by atoms with Gasteiger partial charge in [-0.25, -0.2) is 4.79 Å². The SMILES string of the molecule is C=CCCC[C@H](Cc1ccccc1)C(=O)OC[C@H](CCCCNC(=O)OCc1ccccc1)NC(=O)[C@@H](CC=C)CC(=O)N[C@H](C)CO. The van der Waals surface area contributed by atoms with Crippen molar-refractivity contribution in [2.45, 2.75) is 83.4 Å². The van der Waals surface area contributed by atoms with Crippen LogP contribution in [0.1, 0.15) is 69.4 Å². The van der Waals surface area contributed by atoms with Crippen molar-refractivity contribution in [1.82, 2.24) is 16.0 Å². The van der Waals surface area contributed by atoms with Crippen LogP contribution in [0.5, 0.6) is 0 Å². The molecule has 262 valence electrons. The van der Waals surface area contributed by atoms with E-state index in [2.05, 4.69) is 29.1 Å². The van der Waals surface area contributed by atoms with Crippen LogP contribution >= 0.6 is 0 Å². The fourth-order valence-corrected chi connectivity index (χ4v) is 5.09. The van der Waals surface area contributed by atoms with E-state index in [9.17, 15) is 24.3 Å². The largest absolute Gasteiger partial charge is 0.463 e. The predicted molar refractivity (Wildman–Crippen MR) is 187 cm³/mol. The van der Waals surface area contributed by atoms with Gasteiger partial charge in [0.1, 0.15) is 13.2 Å². The Morgan fingerprint density at radius 3 is 2.17 bits per heavy atom. The van der Waals surface area contributed by atoms with E-state index in [0.717, 1.165) is 24.0 Å². The number of allylic oxidation sites excluding steroid dienone is 2. The van der Waals surface area contributed by atoms with Crippen LogP contribution < -0.4 is 16.0 Å². The molecule has 0 spiro atoms. The van der Waals surface area contributed by atoms with E-state index in [1.165, 1.54) is 0 Å². The van der Waals surface area contributed by atoms with Gasteiger partial charge in [-0.3, -0.25) is 14.4 Å². The van der Waals surface area contributed by atoms with Crippen LogP contribution in [-0.4, -0.2) is 60.8 Å². The predicted octanol–water partition coefficient (Wildman–Crippen LogP) is 5.41. The Balaban J connectivity index is 2.01. The third kappa shape index (κ3) is 16.9. The van der Waals surface area contributed by atoms with Crippen LogP contribution in [0.4, 0.5) is 4.79 Å². The van der Waals surface area contributed by atoms with E-state index in [4.69, 9.17) is 9.47 Å². The minimum absolute atomic E-state index is 0.0293. The van der Waals surface area contributed by atoms with E-state index in [-0.39, 0.29) is 56.4 Å². The van der Waals surface area contributed by atoms with Gasteiger partial charge in [-0.15, -0.1) is 13.2 Å². The highest BCUT2D eigenvalue weighted by Gasteiger charge is 2.26. The molecule has 10 nitrogen and oxygen atoms in total. The van der Waals surface area contributed by atoms with Crippen LogP contribution in [-0.2, 0) is 36.9 Å². The van der Waals surface area contributed by atoms with Gasteiger partial charge in [0.15, 0.2) is 0 Å². The number of alkyl carbamates (subject to hydrolysis) is 1. The second-order valence-electron chi connectivity index (χ2n) is 12.0. The number of aliphatic hydroxyl groups is 1. The maximum absolute atomic E-state index is 13.4. The molecule has 10 heteroatoms. The number of carbonyl (C=O) groups is 4. The molecular weight excluding hydrogens is 610 g/mol. The van der Waals surface area contributed by atoms with E-state index < -0.39 is 24.1 Å². The fraction of sp³-hybridized carbons (Fsp3) is 0.474. The monoisotopic (exact) mass is 663 g/mol. The second-order valence-corrected chi connectivity index (χ2v) is 12.0. The molecule has 48 heavy (non-hydrogen) atoms. The van der Waals surface area contributed by atoms with Gasteiger partial charge in [-0.1, -0.05) is 72.8 Å². The highest BCUT2D eigenvalue weighted by Crippen LogP contribution is 2.19. The van der Waals surface area contributed by atoms with Gasteiger partial charge in [-0.2, -0.15) is 0 Å². The molecule has 0 fully saturated rings. The van der Waals surface area contributed by atoms with Crippen LogP contribution in [0.2, 0.25) is 0 Å². The van der Waals surface area contributed by atoms with Gasteiger partial charge < -0.3 is 30.5 Å². The topological polar surface area (TPSA) is 143 Å². The average Bonchev–Trinajstić information content (AvgIpc) is 3.09. The van der Waals surface area contributed by atoms with Crippen molar-refractivity contribution in [3.8, 4) is 0 Å². The molecule has 2 aromatic rings. The fourth-order valence-electron chi connectivity index (χ4n) is 5.09. The Morgan fingerprint density at radius 2 is 1.52 bits per heavy atom. The molecule has 0 radical (unpaired) electrons. The van der Waals surface area contributed by atoms with Crippen LogP contribution in [0.15, 0.2) is 86.0 Å². The summed E-state index contributed by atoms with van der Waals surface area (Å²) in [7, 11) is 0. The molecule has 0 saturated heterocycles. The summed E-state index contributed by atoms with van der Waals surface area (Å²) >= 11 is 0. The number of benzene rings is 2. The lowest BCUT2D eigenvalue weighted by Gasteiger charge is -2.24. The highest BCUT2D eigenvalue weighted by molar-refractivity contribution is 5.86. The summed E-state index contributed by atoms with van der Waals surface area (Å²) in [5, 5.41) is 17.7. The average molecular weight is 664 g/mol. The van der Waals surface area contributed by atoms with Crippen molar-refractivity contribution in [1.29, 1.82) is 0 Å². The minimum Gasteiger partial charge on any atom is -0.463 e. The molecule has 2 aromatic carbocycles. The Hall–Kier alpha value is -4.44. The van der Waals surface area contributed by atoms with Crippen molar-refractivity contribution >= 4 is 23.9 Å². The minimum atomic E-state index is -0.683. The lowest BCUT2D eigenvalue weighted by molar-refractivity contribution is -0.150. The molecule has 0 bridgehead atoms. The van der Waals surface area contributed by atoms with Crippen LogP contribution in [0.3, 0.4) is 0 Å². The Bertz CT molecular complexity index is 1260. The lowest BCUT2D eigenvalue weighted by Crippen LogP contribution is -2.44. The van der Waals surface area contributed by atoms with E-state index >= 15 is 0 Å². The third-order valence-electron chi connectivity index (χ3n) is 7.79. The van der Waals surface area contributed by atoms with Crippen LogP contribution in [0.25, 0.3) is 0 Å². The summed E-state index contributed by atoms with van der Waals surface area (Å²) in [5.74, 6) is -2.06. The molecule has 3 amide bonds. The number of hydrogen-bond acceptors (Lipinski definition) is 7. The highest BCUT2D eigenvalue weighted by atomic mass is 16.5. The number of nitrogens with one attached hydrogen (secondary N) is 3. The molecule has 0 saturated carbocycles. The molecule has 0 aliphatic rings. The number of hydrogen-bond donors (Lipinski definition) is 4. The first-order chi connectivity index (χ1) is 23.2. The van der Waals surface area contributed by atoms with Crippen LogP contribution in [0, 0.1) is 11.8 Å². The number of rotatable bonds is 24. The number of esters is 1. The van der Waals surface area contributed by atoms with Crippen molar-refractivity contribution in [3.05, 3.63) is 97.1 Å². The zero-order valence-electron chi connectivity index (χ0n) is 28.2. The van der Waals surface area contributed by atoms with Crippen molar-refractivity contribution in [2.24, 2.45) is 11.8 Å². The summed E-state index contributed by atoms with van der Waals surface area (Å²) in [4.78, 5) is 51.4. The molecule has 0 aromatic heterocycles. The third-order valence-corrected chi connectivity index (χ3v) is 7.79. The van der Waals surface area contributed by atoms with Gasteiger partial charge in [0, 0.05) is 19.0 Å². The maximum Gasteiger partial charge on any atom is 0.407 e. The van der Waals surface area contributed by atoms with E-state index in [1.807, 2.05) is 66.7 Å². The number of ether oxygens (including phenoxy) is 2. The van der Waals surface area contributed by atoms with Gasteiger partial charge in [-0.05, 0) is 69.4 Å². The Morgan fingerprint density at radius 1 is 0.833 bits per heavy atom. The molecule has 0 unspecified atom stereocenters. The molecule has 0 aliphatic heterocycles.